The van der Waals surface area contributed by atoms with Gasteiger partial charge < -0.3 is 19.7 Å². The summed E-state index contributed by atoms with van der Waals surface area (Å²) in [7, 11) is 3.77. The third kappa shape index (κ3) is 5.44. The molecule has 0 spiro atoms. The van der Waals surface area contributed by atoms with E-state index in [0.717, 1.165) is 63.6 Å². The number of nitrogens with one attached hydrogen (secondary N) is 1. The molecule has 2 aliphatic heterocycles. The van der Waals surface area contributed by atoms with Crippen molar-refractivity contribution in [2.75, 3.05) is 33.4 Å². The first-order valence-corrected chi connectivity index (χ1v) is 9.41. The highest BCUT2D eigenvalue weighted by molar-refractivity contribution is 5.79. The van der Waals surface area contributed by atoms with Crippen LogP contribution in [0.3, 0.4) is 0 Å². The molecular weight excluding hydrogens is 318 g/mol. The molecule has 2 fully saturated rings. The average Bonchev–Trinajstić information content (AvgIpc) is 3.07. The van der Waals surface area contributed by atoms with Crippen LogP contribution in [0.5, 0.6) is 0 Å². The second kappa shape index (κ2) is 9.20. The highest BCUT2D eigenvalue weighted by Crippen LogP contribution is 2.18. The molecule has 1 aromatic rings. The van der Waals surface area contributed by atoms with Crippen LogP contribution in [0, 0.1) is 0 Å². The second-order valence-electron chi connectivity index (χ2n) is 6.93. The smallest absolute Gasteiger partial charge is 0.193 e. The molecule has 140 valence electrons. The van der Waals surface area contributed by atoms with E-state index >= 15 is 0 Å². The molecule has 2 saturated heterocycles. The van der Waals surface area contributed by atoms with Gasteiger partial charge in [-0.3, -0.25) is 9.67 Å². The molecular formula is C18H31N5O2. The number of ether oxygens (including phenoxy) is 2. The lowest BCUT2D eigenvalue weighted by Crippen LogP contribution is -2.47. The van der Waals surface area contributed by atoms with Crippen LogP contribution in [-0.2, 0) is 23.1 Å². The molecule has 0 aromatic carbocycles. The zero-order valence-electron chi connectivity index (χ0n) is 15.5. The van der Waals surface area contributed by atoms with Crippen LogP contribution in [0.25, 0.3) is 0 Å². The van der Waals surface area contributed by atoms with Gasteiger partial charge in [-0.2, -0.15) is 5.10 Å². The van der Waals surface area contributed by atoms with Gasteiger partial charge in [-0.15, -0.1) is 0 Å². The Morgan fingerprint density at radius 3 is 2.84 bits per heavy atom. The summed E-state index contributed by atoms with van der Waals surface area (Å²) in [4.78, 5) is 6.73. The van der Waals surface area contributed by atoms with E-state index in [1.165, 1.54) is 12.8 Å². The first kappa shape index (κ1) is 18.2. The summed E-state index contributed by atoms with van der Waals surface area (Å²) < 4.78 is 13.7. The van der Waals surface area contributed by atoms with Gasteiger partial charge in [0.2, 0.25) is 0 Å². The van der Waals surface area contributed by atoms with E-state index in [4.69, 9.17) is 9.47 Å². The maximum absolute atomic E-state index is 6.09. The topological polar surface area (TPSA) is 63.9 Å². The van der Waals surface area contributed by atoms with Gasteiger partial charge >= 0.3 is 0 Å². The first-order valence-electron chi connectivity index (χ1n) is 9.41. The fourth-order valence-electron chi connectivity index (χ4n) is 3.49. The molecule has 0 saturated carbocycles. The lowest BCUT2D eigenvalue weighted by atomic mass is 10.1. The number of aliphatic imine (C=N–C) groups is 1. The van der Waals surface area contributed by atoms with Gasteiger partial charge in [-0.25, -0.2) is 0 Å². The summed E-state index contributed by atoms with van der Waals surface area (Å²) in [5.41, 5.74) is 1.16. The van der Waals surface area contributed by atoms with Crippen molar-refractivity contribution in [3.05, 3.63) is 18.0 Å². The van der Waals surface area contributed by atoms with Gasteiger partial charge in [0.15, 0.2) is 5.96 Å². The molecule has 1 unspecified atom stereocenters. The number of aryl methyl sites for hydroxylation is 1. The number of hydrogen-bond acceptors (Lipinski definition) is 4. The van der Waals surface area contributed by atoms with E-state index in [0.29, 0.717) is 12.2 Å². The fraction of sp³-hybridized carbons (Fsp3) is 0.778. The van der Waals surface area contributed by atoms with Gasteiger partial charge in [0.05, 0.1) is 25.0 Å². The standard InChI is InChI=1S/C18H31N5O2/c1-19-18(20-11-15-12-21-22(2)13-15)23-8-6-16(7-9-23)25-14-17-5-3-4-10-24-17/h12-13,16-17H,3-11,14H2,1-2H3,(H,19,20). The zero-order chi connectivity index (χ0) is 17.5. The maximum Gasteiger partial charge on any atom is 0.193 e. The molecule has 2 aliphatic rings. The minimum absolute atomic E-state index is 0.306. The van der Waals surface area contributed by atoms with Gasteiger partial charge in [-0.1, -0.05) is 0 Å². The van der Waals surface area contributed by atoms with Crippen molar-refractivity contribution in [1.29, 1.82) is 0 Å². The number of aromatic nitrogens is 2. The minimum Gasteiger partial charge on any atom is -0.376 e. The van der Waals surface area contributed by atoms with Gasteiger partial charge in [0, 0.05) is 52.1 Å². The van der Waals surface area contributed by atoms with E-state index in [9.17, 15) is 0 Å². The third-order valence-corrected chi connectivity index (χ3v) is 4.95. The normalized spacial score (nSPS) is 23.0. The van der Waals surface area contributed by atoms with Crippen molar-refractivity contribution >= 4 is 5.96 Å². The lowest BCUT2D eigenvalue weighted by Gasteiger charge is -2.35. The Bertz CT molecular complexity index is 545. The molecule has 3 heterocycles. The second-order valence-corrected chi connectivity index (χ2v) is 6.93. The number of guanidine groups is 1. The van der Waals surface area contributed by atoms with Crippen LogP contribution in [0.2, 0.25) is 0 Å². The molecule has 25 heavy (non-hydrogen) atoms. The van der Waals surface area contributed by atoms with Crippen LogP contribution in [0.15, 0.2) is 17.4 Å². The number of rotatable bonds is 5. The Balaban J connectivity index is 1.37. The van der Waals surface area contributed by atoms with Gasteiger partial charge in [0.25, 0.3) is 0 Å². The van der Waals surface area contributed by atoms with E-state index in [1.54, 1.807) is 0 Å². The van der Waals surface area contributed by atoms with E-state index in [-0.39, 0.29) is 0 Å². The van der Waals surface area contributed by atoms with E-state index < -0.39 is 0 Å². The minimum atomic E-state index is 0.306. The highest BCUT2D eigenvalue weighted by Gasteiger charge is 2.23. The number of hydrogen-bond donors (Lipinski definition) is 1. The molecule has 7 nitrogen and oxygen atoms in total. The zero-order valence-corrected chi connectivity index (χ0v) is 15.5. The molecule has 3 rings (SSSR count). The molecule has 1 aromatic heterocycles. The monoisotopic (exact) mass is 349 g/mol. The Labute approximate surface area is 150 Å². The molecule has 7 heteroatoms. The van der Waals surface area contributed by atoms with Crippen molar-refractivity contribution in [3.8, 4) is 0 Å². The quantitative estimate of drug-likeness (QED) is 0.645. The van der Waals surface area contributed by atoms with Crippen molar-refractivity contribution in [3.63, 3.8) is 0 Å². The van der Waals surface area contributed by atoms with Gasteiger partial charge in [-0.05, 0) is 32.1 Å². The van der Waals surface area contributed by atoms with Gasteiger partial charge in [0.1, 0.15) is 0 Å². The maximum atomic E-state index is 6.09. The fourth-order valence-corrected chi connectivity index (χ4v) is 3.49. The van der Waals surface area contributed by atoms with Crippen LogP contribution in [0.1, 0.15) is 37.7 Å². The summed E-state index contributed by atoms with van der Waals surface area (Å²) in [6.45, 7) is 4.34. The summed E-state index contributed by atoms with van der Waals surface area (Å²) in [6, 6.07) is 0. The van der Waals surface area contributed by atoms with Crippen LogP contribution in [-0.4, -0.2) is 66.2 Å². The Hall–Kier alpha value is -1.60. The third-order valence-electron chi connectivity index (χ3n) is 4.95. The molecule has 1 atom stereocenters. The predicted octanol–water partition coefficient (Wildman–Crippen LogP) is 1.55. The van der Waals surface area contributed by atoms with E-state index in [2.05, 4.69) is 20.3 Å². The molecule has 0 amide bonds. The average molecular weight is 349 g/mol. The van der Waals surface area contributed by atoms with Crippen LogP contribution >= 0.6 is 0 Å². The van der Waals surface area contributed by atoms with Crippen LogP contribution in [0.4, 0.5) is 0 Å². The predicted molar refractivity (Wildman–Crippen MR) is 97.5 cm³/mol. The van der Waals surface area contributed by atoms with Crippen molar-refractivity contribution in [2.24, 2.45) is 12.0 Å². The summed E-state index contributed by atoms with van der Waals surface area (Å²) in [5, 5.41) is 7.63. The van der Waals surface area contributed by atoms with Crippen LogP contribution < -0.4 is 5.32 Å². The molecule has 0 radical (unpaired) electrons. The molecule has 0 aliphatic carbocycles. The summed E-state index contributed by atoms with van der Waals surface area (Å²) >= 11 is 0. The Morgan fingerprint density at radius 1 is 1.36 bits per heavy atom. The Kier molecular flexibility index (Phi) is 6.69. The molecule has 0 bridgehead atoms. The first-order chi connectivity index (χ1) is 12.2. The summed E-state index contributed by atoms with van der Waals surface area (Å²) in [6.07, 6.45) is 10.2. The van der Waals surface area contributed by atoms with Crippen molar-refractivity contribution in [1.82, 2.24) is 20.0 Å². The van der Waals surface area contributed by atoms with Crippen molar-refractivity contribution < 1.29 is 9.47 Å². The summed E-state index contributed by atoms with van der Waals surface area (Å²) in [5.74, 6) is 0.956. The number of nitrogens with zero attached hydrogens (tertiary/aromatic N) is 4. The SMILES string of the molecule is CN=C(NCc1cnn(C)c1)N1CCC(OCC2CCCCO2)CC1. The number of likely N-dealkylation sites (tertiary alicyclic amines) is 1. The largest absolute Gasteiger partial charge is 0.376 e. The Morgan fingerprint density at radius 2 is 2.20 bits per heavy atom. The van der Waals surface area contributed by atoms with E-state index in [1.807, 2.05) is 31.2 Å². The number of piperidine rings is 1. The lowest BCUT2D eigenvalue weighted by molar-refractivity contribution is -0.0721. The molecule has 1 N–H and O–H groups in total. The highest BCUT2D eigenvalue weighted by atomic mass is 16.5. The van der Waals surface area contributed by atoms with Crippen molar-refractivity contribution in [2.45, 2.75) is 50.9 Å².